The first-order valence-corrected chi connectivity index (χ1v) is 6.53. The minimum Gasteiger partial charge on any atom is -0.467 e. The molecule has 1 aliphatic rings. The van der Waals surface area contributed by atoms with Gasteiger partial charge in [-0.25, -0.2) is 9.59 Å². The standard InChI is InChI=1S/C13H23NO5/c1-6-9(7-2)10-14(12(16)18-5)13(3,8-19-10)11(15)17-4/h9-10H,6-8H2,1-5H3/t10-,13+/m1/s1. The van der Waals surface area contributed by atoms with Gasteiger partial charge in [0.25, 0.3) is 0 Å². The lowest BCUT2D eigenvalue weighted by Crippen LogP contribution is -2.56. The average molecular weight is 273 g/mol. The van der Waals surface area contributed by atoms with E-state index in [-0.39, 0.29) is 12.5 Å². The normalized spacial score (nSPS) is 26.6. The Morgan fingerprint density at radius 2 is 1.89 bits per heavy atom. The topological polar surface area (TPSA) is 65.1 Å². The van der Waals surface area contributed by atoms with Gasteiger partial charge in [-0.2, -0.15) is 0 Å². The van der Waals surface area contributed by atoms with Gasteiger partial charge >= 0.3 is 12.1 Å². The van der Waals surface area contributed by atoms with E-state index in [2.05, 4.69) is 0 Å². The summed E-state index contributed by atoms with van der Waals surface area (Å²) in [6, 6.07) is 0. The second-order valence-electron chi connectivity index (χ2n) is 4.88. The number of methoxy groups -OCH3 is 2. The lowest BCUT2D eigenvalue weighted by Gasteiger charge is -2.35. The largest absolute Gasteiger partial charge is 0.467 e. The minimum atomic E-state index is -1.13. The highest BCUT2D eigenvalue weighted by Gasteiger charge is 2.55. The van der Waals surface area contributed by atoms with Crippen LogP contribution in [0.25, 0.3) is 0 Å². The van der Waals surface area contributed by atoms with Crippen LogP contribution >= 0.6 is 0 Å². The summed E-state index contributed by atoms with van der Waals surface area (Å²) in [6.45, 7) is 5.82. The average Bonchev–Trinajstić information content (AvgIpc) is 2.77. The zero-order valence-corrected chi connectivity index (χ0v) is 12.3. The number of ether oxygens (including phenoxy) is 3. The van der Waals surface area contributed by atoms with Crippen LogP contribution in [0.3, 0.4) is 0 Å². The van der Waals surface area contributed by atoms with Crippen LogP contribution < -0.4 is 0 Å². The molecule has 1 aliphatic heterocycles. The number of carbonyl (C=O) groups excluding carboxylic acids is 2. The monoisotopic (exact) mass is 273 g/mol. The maximum atomic E-state index is 12.0. The molecular weight excluding hydrogens is 250 g/mol. The summed E-state index contributed by atoms with van der Waals surface area (Å²) in [6.07, 6.45) is 0.687. The maximum absolute atomic E-state index is 12.0. The smallest absolute Gasteiger partial charge is 0.412 e. The first-order valence-electron chi connectivity index (χ1n) is 6.53. The summed E-state index contributed by atoms with van der Waals surface area (Å²) in [5, 5.41) is 0. The van der Waals surface area contributed by atoms with E-state index in [1.165, 1.54) is 19.1 Å². The van der Waals surface area contributed by atoms with Crippen molar-refractivity contribution in [2.75, 3.05) is 20.8 Å². The first kappa shape index (κ1) is 15.8. The zero-order chi connectivity index (χ0) is 14.6. The predicted molar refractivity (Wildman–Crippen MR) is 68.5 cm³/mol. The van der Waals surface area contributed by atoms with E-state index in [0.717, 1.165) is 12.8 Å². The molecule has 0 unspecified atom stereocenters. The van der Waals surface area contributed by atoms with Crippen LogP contribution in [0.5, 0.6) is 0 Å². The molecule has 19 heavy (non-hydrogen) atoms. The van der Waals surface area contributed by atoms with Crippen molar-refractivity contribution in [3.63, 3.8) is 0 Å². The number of nitrogens with zero attached hydrogens (tertiary/aromatic N) is 1. The molecule has 6 heteroatoms. The Morgan fingerprint density at radius 1 is 1.32 bits per heavy atom. The van der Waals surface area contributed by atoms with E-state index < -0.39 is 23.8 Å². The molecule has 1 fully saturated rings. The van der Waals surface area contributed by atoms with Crippen molar-refractivity contribution < 1.29 is 23.8 Å². The van der Waals surface area contributed by atoms with Gasteiger partial charge in [-0.15, -0.1) is 0 Å². The lowest BCUT2D eigenvalue weighted by molar-refractivity contribution is -0.151. The molecule has 0 bridgehead atoms. The predicted octanol–water partition coefficient (Wildman–Crippen LogP) is 1.78. The van der Waals surface area contributed by atoms with Crippen molar-refractivity contribution in [2.45, 2.75) is 45.4 Å². The highest BCUT2D eigenvalue weighted by Crippen LogP contribution is 2.35. The summed E-state index contributed by atoms with van der Waals surface area (Å²) in [5.74, 6) is -0.336. The SMILES string of the molecule is CCC(CC)[C@H]1OC[C@@](C)(C(=O)OC)N1C(=O)OC. The molecule has 2 atom stereocenters. The van der Waals surface area contributed by atoms with Gasteiger partial charge < -0.3 is 14.2 Å². The Morgan fingerprint density at radius 3 is 2.32 bits per heavy atom. The Labute approximate surface area is 114 Å². The van der Waals surface area contributed by atoms with Crippen LogP contribution in [0.2, 0.25) is 0 Å². The van der Waals surface area contributed by atoms with E-state index in [9.17, 15) is 9.59 Å². The number of hydrogen-bond donors (Lipinski definition) is 0. The summed E-state index contributed by atoms with van der Waals surface area (Å²) < 4.78 is 15.3. The van der Waals surface area contributed by atoms with Crippen molar-refractivity contribution in [1.82, 2.24) is 4.90 Å². The summed E-state index contributed by atoms with van der Waals surface area (Å²) in [4.78, 5) is 25.3. The molecule has 0 N–H and O–H groups in total. The molecule has 0 aromatic rings. The van der Waals surface area contributed by atoms with E-state index in [1.807, 2.05) is 13.8 Å². The molecule has 0 saturated carbocycles. The fraction of sp³-hybridized carbons (Fsp3) is 0.846. The molecule has 0 aliphatic carbocycles. The Kier molecular flexibility index (Phi) is 5.17. The Balaban J connectivity index is 3.10. The van der Waals surface area contributed by atoms with E-state index in [4.69, 9.17) is 14.2 Å². The van der Waals surface area contributed by atoms with Crippen molar-refractivity contribution >= 4 is 12.1 Å². The van der Waals surface area contributed by atoms with Crippen LogP contribution in [0.15, 0.2) is 0 Å². The van der Waals surface area contributed by atoms with Crippen molar-refractivity contribution in [2.24, 2.45) is 5.92 Å². The molecule has 0 spiro atoms. The molecule has 6 nitrogen and oxygen atoms in total. The number of rotatable bonds is 4. The van der Waals surface area contributed by atoms with E-state index in [0.29, 0.717) is 0 Å². The highest BCUT2D eigenvalue weighted by molar-refractivity contribution is 5.86. The number of esters is 1. The Bertz CT molecular complexity index is 342. The number of carbonyl (C=O) groups is 2. The summed E-state index contributed by atoms with van der Waals surface area (Å²) in [7, 11) is 2.59. The fourth-order valence-corrected chi connectivity index (χ4v) is 2.49. The van der Waals surface area contributed by atoms with E-state index >= 15 is 0 Å². The van der Waals surface area contributed by atoms with Gasteiger partial charge in [-0.1, -0.05) is 13.8 Å². The number of amides is 1. The van der Waals surface area contributed by atoms with Crippen LogP contribution in [0, 0.1) is 5.92 Å². The summed E-state index contributed by atoms with van der Waals surface area (Å²) in [5.41, 5.74) is -1.13. The lowest BCUT2D eigenvalue weighted by atomic mass is 9.97. The summed E-state index contributed by atoms with van der Waals surface area (Å²) >= 11 is 0. The van der Waals surface area contributed by atoms with Gasteiger partial charge in [-0.3, -0.25) is 4.90 Å². The third-order valence-corrected chi connectivity index (χ3v) is 3.77. The molecule has 1 amide bonds. The maximum Gasteiger partial charge on any atom is 0.412 e. The van der Waals surface area contributed by atoms with Gasteiger partial charge in [0.2, 0.25) is 0 Å². The third kappa shape index (κ3) is 2.68. The van der Waals surface area contributed by atoms with Gasteiger partial charge in [-0.05, 0) is 19.8 Å². The molecular formula is C13H23NO5. The van der Waals surface area contributed by atoms with Gasteiger partial charge in [0.1, 0.15) is 6.23 Å². The van der Waals surface area contributed by atoms with Crippen LogP contribution in [0.4, 0.5) is 4.79 Å². The Hall–Kier alpha value is -1.30. The second-order valence-corrected chi connectivity index (χ2v) is 4.88. The van der Waals surface area contributed by atoms with Crippen molar-refractivity contribution in [3.8, 4) is 0 Å². The van der Waals surface area contributed by atoms with Gasteiger partial charge in [0.15, 0.2) is 5.54 Å². The quantitative estimate of drug-likeness (QED) is 0.730. The molecule has 110 valence electrons. The molecule has 0 aromatic heterocycles. The fourth-order valence-electron chi connectivity index (χ4n) is 2.49. The third-order valence-electron chi connectivity index (χ3n) is 3.77. The highest BCUT2D eigenvalue weighted by atomic mass is 16.6. The van der Waals surface area contributed by atoms with Crippen LogP contribution in [-0.2, 0) is 19.0 Å². The molecule has 1 saturated heterocycles. The van der Waals surface area contributed by atoms with Gasteiger partial charge in [0.05, 0.1) is 20.8 Å². The van der Waals surface area contributed by atoms with E-state index in [1.54, 1.807) is 6.92 Å². The zero-order valence-electron chi connectivity index (χ0n) is 12.3. The first-order chi connectivity index (χ1) is 8.96. The minimum absolute atomic E-state index is 0.121. The van der Waals surface area contributed by atoms with Crippen molar-refractivity contribution in [3.05, 3.63) is 0 Å². The van der Waals surface area contributed by atoms with Crippen LogP contribution in [0.1, 0.15) is 33.6 Å². The van der Waals surface area contributed by atoms with Crippen LogP contribution in [-0.4, -0.2) is 49.6 Å². The van der Waals surface area contributed by atoms with Gasteiger partial charge in [0, 0.05) is 5.92 Å². The molecule has 0 radical (unpaired) electrons. The number of hydrogen-bond acceptors (Lipinski definition) is 5. The molecule has 1 rings (SSSR count). The second kappa shape index (κ2) is 6.23. The molecule has 1 heterocycles. The molecule has 0 aromatic carbocycles. The van der Waals surface area contributed by atoms with Crippen molar-refractivity contribution in [1.29, 1.82) is 0 Å².